The Morgan fingerprint density at radius 1 is 1.28 bits per heavy atom. The van der Waals surface area contributed by atoms with Gasteiger partial charge in [0.05, 0.1) is 11.2 Å². The molecule has 6 heteroatoms. The van der Waals surface area contributed by atoms with Gasteiger partial charge in [-0.25, -0.2) is 4.98 Å². The summed E-state index contributed by atoms with van der Waals surface area (Å²) in [5.41, 5.74) is 5.98. The van der Waals surface area contributed by atoms with Crippen LogP contribution in [-0.2, 0) is 9.31 Å². The van der Waals surface area contributed by atoms with Crippen molar-refractivity contribution in [1.29, 1.82) is 0 Å². The third kappa shape index (κ3) is 2.02. The Balaban J connectivity index is 2.37. The largest absolute Gasteiger partial charge is 0.498 e. The molecule has 18 heavy (non-hydrogen) atoms. The standard InChI is InChI=1S/C12H17BN2O3/c1-11(2)12(3,4)18-13(17-11)9-5-8(7-16)6-15-10(9)14/h5-7H,1-4H3,(H2,14,15). The lowest BCUT2D eigenvalue weighted by atomic mass is 9.79. The number of aldehydes is 1. The molecule has 0 spiro atoms. The van der Waals surface area contributed by atoms with E-state index in [1.165, 1.54) is 6.20 Å². The van der Waals surface area contributed by atoms with Gasteiger partial charge in [0, 0.05) is 17.2 Å². The number of hydrogen-bond donors (Lipinski definition) is 1. The monoisotopic (exact) mass is 248 g/mol. The normalized spacial score (nSPS) is 21.0. The van der Waals surface area contributed by atoms with Crippen molar-refractivity contribution >= 4 is 24.7 Å². The summed E-state index contributed by atoms with van der Waals surface area (Å²) in [5.74, 6) is 0.319. The Kier molecular flexibility index (Phi) is 2.95. The summed E-state index contributed by atoms with van der Waals surface area (Å²) < 4.78 is 11.7. The van der Waals surface area contributed by atoms with E-state index < -0.39 is 18.3 Å². The highest BCUT2D eigenvalue weighted by atomic mass is 16.7. The Labute approximate surface area is 107 Å². The predicted octanol–water partition coefficient (Wildman–Crippen LogP) is 0.775. The fourth-order valence-electron chi connectivity index (χ4n) is 1.73. The Morgan fingerprint density at radius 2 is 1.83 bits per heavy atom. The molecule has 0 radical (unpaired) electrons. The van der Waals surface area contributed by atoms with Crippen molar-refractivity contribution in [2.75, 3.05) is 5.73 Å². The Morgan fingerprint density at radius 3 is 2.33 bits per heavy atom. The lowest BCUT2D eigenvalue weighted by molar-refractivity contribution is 0.00578. The first-order valence-electron chi connectivity index (χ1n) is 5.83. The second kappa shape index (κ2) is 4.07. The summed E-state index contributed by atoms with van der Waals surface area (Å²) in [6.07, 6.45) is 2.15. The molecule has 0 saturated carbocycles. The Hall–Kier alpha value is -1.40. The highest BCUT2D eigenvalue weighted by molar-refractivity contribution is 6.63. The number of hydrogen-bond acceptors (Lipinski definition) is 5. The average Bonchev–Trinajstić information content (AvgIpc) is 2.48. The summed E-state index contributed by atoms with van der Waals surface area (Å²) in [5, 5.41) is 0. The maximum absolute atomic E-state index is 10.8. The van der Waals surface area contributed by atoms with E-state index in [-0.39, 0.29) is 0 Å². The van der Waals surface area contributed by atoms with Crippen molar-refractivity contribution in [3.8, 4) is 0 Å². The van der Waals surface area contributed by atoms with Crippen molar-refractivity contribution < 1.29 is 14.1 Å². The third-order valence-corrected chi connectivity index (χ3v) is 3.61. The molecule has 1 aromatic rings. The number of nitrogens with zero attached hydrogens (tertiary/aromatic N) is 1. The van der Waals surface area contributed by atoms with Crippen LogP contribution in [0, 0.1) is 0 Å². The molecule has 2 rings (SSSR count). The van der Waals surface area contributed by atoms with Gasteiger partial charge in [-0.3, -0.25) is 4.79 Å². The van der Waals surface area contributed by atoms with Crippen molar-refractivity contribution in [2.45, 2.75) is 38.9 Å². The lowest BCUT2D eigenvalue weighted by Gasteiger charge is -2.32. The molecule has 0 amide bonds. The molecule has 0 aromatic carbocycles. The molecule has 1 fully saturated rings. The van der Waals surface area contributed by atoms with Gasteiger partial charge in [-0.2, -0.15) is 0 Å². The van der Waals surface area contributed by atoms with Gasteiger partial charge >= 0.3 is 7.12 Å². The molecular formula is C12H17BN2O3. The summed E-state index contributed by atoms with van der Waals surface area (Å²) in [6, 6.07) is 1.65. The molecule has 1 aliphatic rings. The molecule has 1 aromatic heterocycles. The van der Waals surface area contributed by atoms with E-state index in [1.54, 1.807) is 6.07 Å². The number of pyridine rings is 1. The van der Waals surface area contributed by atoms with Gasteiger partial charge in [-0.05, 0) is 33.8 Å². The molecule has 0 atom stereocenters. The van der Waals surface area contributed by atoms with Gasteiger partial charge in [0.25, 0.3) is 0 Å². The first kappa shape index (κ1) is 13.0. The second-order valence-corrected chi connectivity index (χ2v) is 5.45. The maximum Gasteiger partial charge on any atom is 0.498 e. The van der Waals surface area contributed by atoms with Crippen LogP contribution < -0.4 is 11.2 Å². The zero-order chi connectivity index (χ0) is 13.6. The lowest BCUT2D eigenvalue weighted by Crippen LogP contribution is -2.41. The summed E-state index contributed by atoms with van der Waals surface area (Å²) >= 11 is 0. The first-order valence-corrected chi connectivity index (χ1v) is 5.83. The first-order chi connectivity index (χ1) is 8.27. The number of nitrogens with two attached hydrogens (primary N) is 1. The number of rotatable bonds is 2. The van der Waals surface area contributed by atoms with E-state index in [0.717, 1.165) is 6.29 Å². The van der Waals surface area contributed by atoms with E-state index in [0.29, 0.717) is 16.8 Å². The third-order valence-electron chi connectivity index (χ3n) is 3.61. The summed E-state index contributed by atoms with van der Waals surface area (Å²) in [6.45, 7) is 7.83. The molecule has 96 valence electrons. The minimum atomic E-state index is -0.595. The van der Waals surface area contributed by atoms with Crippen LogP contribution in [0.4, 0.5) is 5.82 Å². The second-order valence-electron chi connectivity index (χ2n) is 5.45. The fraction of sp³-hybridized carbons (Fsp3) is 0.500. The number of nitrogen functional groups attached to an aromatic ring is 1. The van der Waals surface area contributed by atoms with E-state index >= 15 is 0 Å². The number of anilines is 1. The molecule has 2 heterocycles. The molecule has 1 aliphatic heterocycles. The zero-order valence-electron chi connectivity index (χ0n) is 11.1. The van der Waals surface area contributed by atoms with Crippen LogP contribution in [0.15, 0.2) is 12.3 Å². The molecule has 0 aliphatic carbocycles. The van der Waals surface area contributed by atoms with Gasteiger partial charge in [0.2, 0.25) is 0 Å². The number of carbonyl (C=O) groups excluding carboxylic acids is 1. The van der Waals surface area contributed by atoms with Gasteiger partial charge in [-0.1, -0.05) is 0 Å². The van der Waals surface area contributed by atoms with E-state index in [9.17, 15) is 4.79 Å². The van der Waals surface area contributed by atoms with Crippen LogP contribution in [-0.4, -0.2) is 29.6 Å². The molecule has 1 saturated heterocycles. The minimum absolute atomic E-state index is 0.319. The van der Waals surface area contributed by atoms with Crippen LogP contribution in [0.3, 0.4) is 0 Å². The molecule has 2 N–H and O–H groups in total. The maximum atomic E-state index is 10.8. The average molecular weight is 248 g/mol. The topological polar surface area (TPSA) is 74.4 Å². The van der Waals surface area contributed by atoms with Gasteiger partial charge in [0.1, 0.15) is 5.82 Å². The van der Waals surface area contributed by atoms with Gasteiger partial charge in [-0.15, -0.1) is 0 Å². The highest BCUT2D eigenvalue weighted by Gasteiger charge is 2.52. The highest BCUT2D eigenvalue weighted by Crippen LogP contribution is 2.36. The summed E-state index contributed by atoms with van der Waals surface area (Å²) in [4.78, 5) is 14.8. The smallest absolute Gasteiger partial charge is 0.399 e. The van der Waals surface area contributed by atoms with E-state index in [2.05, 4.69) is 4.98 Å². The van der Waals surface area contributed by atoms with E-state index in [1.807, 2.05) is 27.7 Å². The predicted molar refractivity (Wildman–Crippen MR) is 69.8 cm³/mol. The quantitative estimate of drug-likeness (QED) is 0.618. The van der Waals surface area contributed by atoms with Crippen LogP contribution >= 0.6 is 0 Å². The molecule has 0 bridgehead atoms. The molecular weight excluding hydrogens is 231 g/mol. The van der Waals surface area contributed by atoms with Crippen LogP contribution in [0.1, 0.15) is 38.1 Å². The summed E-state index contributed by atoms with van der Waals surface area (Å²) in [7, 11) is -0.595. The molecule has 0 unspecified atom stereocenters. The fourth-order valence-corrected chi connectivity index (χ4v) is 1.73. The molecule has 5 nitrogen and oxygen atoms in total. The van der Waals surface area contributed by atoms with Crippen molar-refractivity contribution in [1.82, 2.24) is 4.98 Å². The zero-order valence-corrected chi connectivity index (χ0v) is 11.1. The van der Waals surface area contributed by atoms with Crippen molar-refractivity contribution in [3.63, 3.8) is 0 Å². The van der Waals surface area contributed by atoms with Crippen LogP contribution in [0.5, 0.6) is 0 Å². The van der Waals surface area contributed by atoms with Gasteiger partial charge < -0.3 is 15.0 Å². The van der Waals surface area contributed by atoms with Crippen molar-refractivity contribution in [3.05, 3.63) is 17.8 Å². The number of carbonyl (C=O) groups is 1. The van der Waals surface area contributed by atoms with E-state index in [4.69, 9.17) is 15.0 Å². The van der Waals surface area contributed by atoms with Crippen LogP contribution in [0.2, 0.25) is 0 Å². The van der Waals surface area contributed by atoms with Crippen LogP contribution in [0.25, 0.3) is 0 Å². The number of aromatic nitrogens is 1. The Bertz CT molecular complexity index is 472. The van der Waals surface area contributed by atoms with Gasteiger partial charge in [0.15, 0.2) is 6.29 Å². The SMILES string of the molecule is CC1(C)OB(c2cc(C=O)cnc2N)OC1(C)C. The van der Waals surface area contributed by atoms with Crippen molar-refractivity contribution in [2.24, 2.45) is 0 Å². The minimum Gasteiger partial charge on any atom is -0.399 e.